The summed E-state index contributed by atoms with van der Waals surface area (Å²) in [6, 6.07) is 3.75. The maximum atomic E-state index is 12.6. The molecule has 0 unspecified atom stereocenters. The summed E-state index contributed by atoms with van der Waals surface area (Å²) < 4.78 is 37.9. The van der Waals surface area contributed by atoms with E-state index in [9.17, 15) is 13.2 Å². The van der Waals surface area contributed by atoms with Crippen molar-refractivity contribution in [1.82, 2.24) is 4.98 Å². The number of hydrogen-bond acceptors (Lipinski definition) is 0. The highest BCUT2D eigenvalue weighted by molar-refractivity contribution is 5.84. The molecule has 0 aliphatic heterocycles. The highest BCUT2D eigenvalue weighted by Gasteiger charge is 2.30. The SMILES string of the molecule is CC#CCCc1c[nH]c2ccc(C(F)(F)F)cc12. The molecule has 2 aromatic rings. The van der Waals surface area contributed by atoms with E-state index < -0.39 is 11.7 Å². The Morgan fingerprint density at radius 1 is 1.28 bits per heavy atom. The van der Waals surface area contributed by atoms with E-state index >= 15 is 0 Å². The Morgan fingerprint density at radius 2 is 2.06 bits per heavy atom. The number of rotatable bonds is 2. The molecule has 0 spiro atoms. The van der Waals surface area contributed by atoms with Gasteiger partial charge in [-0.15, -0.1) is 11.8 Å². The zero-order valence-electron chi connectivity index (χ0n) is 9.86. The van der Waals surface area contributed by atoms with Crippen LogP contribution in [0.25, 0.3) is 10.9 Å². The van der Waals surface area contributed by atoms with Crippen molar-refractivity contribution in [2.75, 3.05) is 0 Å². The van der Waals surface area contributed by atoms with Gasteiger partial charge in [0.1, 0.15) is 0 Å². The lowest BCUT2D eigenvalue weighted by Crippen LogP contribution is -2.04. The van der Waals surface area contributed by atoms with Crippen molar-refractivity contribution in [3.05, 3.63) is 35.5 Å². The lowest BCUT2D eigenvalue weighted by molar-refractivity contribution is -0.137. The van der Waals surface area contributed by atoms with Gasteiger partial charge in [-0.1, -0.05) is 0 Å². The summed E-state index contributed by atoms with van der Waals surface area (Å²) in [5.41, 5.74) is 0.985. The van der Waals surface area contributed by atoms with E-state index in [1.165, 1.54) is 12.1 Å². The molecule has 0 aliphatic rings. The molecule has 1 heterocycles. The Hall–Kier alpha value is -1.89. The zero-order valence-corrected chi connectivity index (χ0v) is 9.86. The van der Waals surface area contributed by atoms with Gasteiger partial charge in [0.25, 0.3) is 0 Å². The lowest BCUT2D eigenvalue weighted by atomic mass is 10.1. The van der Waals surface area contributed by atoms with Crippen LogP contribution in [0.2, 0.25) is 0 Å². The van der Waals surface area contributed by atoms with E-state index in [4.69, 9.17) is 0 Å². The third kappa shape index (κ3) is 2.51. The molecule has 0 bridgehead atoms. The van der Waals surface area contributed by atoms with Crippen LogP contribution >= 0.6 is 0 Å². The van der Waals surface area contributed by atoms with E-state index in [1.54, 1.807) is 13.1 Å². The summed E-state index contributed by atoms with van der Waals surface area (Å²) in [7, 11) is 0. The van der Waals surface area contributed by atoms with E-state index in [0.717, 1.165) is 17.1 Å². The smallest absolute Gasteiger partial charge is 0.361 e. The molecule has 94 valence electrons. The number of benzene rings is 1. The molecule has 0 fully saturated rings. The first-order chi connectivity index (χ1) is 8.52. The molecule has 0 amide bonds. The molecule has 1 aromatic heterocycles. The van der Waals surface area contributed by atoms with Gasteiger partial charge in [0, 0.05) is 23.5 Å². The Labute approximate surface area is 103 Å². The van der Waals surface area contributed by atoms with Gasteiger partial charge in [-0.2, -0.15) is 13.2 Å². The molecule has 0 saturated heterocycles. The molecular weight excluding hydrogens is 239 g/mol. The van der Waals surface area contributed by atoms with Crippen LogP contribution in [0.1, 0.15) is 24.5 Å². The van der Waals surface area contributed by atoms with E-state index in [1.807, 2.05) is 0 Å². The van der Waals surface area contributed by atoms with E-state index in [2.05, 4.69) is 16.8 Å². The number of hydrogen-bond donors (Lipinski definition) is 1. The van der Waals surface area contributed by atoms with E-state index in [-0.39, 0.29) is 0 Å². The minimum absolute atomic E-state index is 0.613. The van der Waals surface area contributed by atoms with Crippen LogP contribution in [-0.4, -0.2) is 4.98 Å². The Balaban J connectivity index is 2.39. The molecule has 4 heteroatoms. The summed E-state index contributed by atoms with van der Waals surface area (Å²) in [6.45, 7) is 1.75. The van der Waals surface area contributed by atoms with E-state index in [0.29, 0.717) is 18.2 Å². The highest BCUT2D eigenvalue weighted by Crippen LogP contribution is 2.32. The highest BCUT2D eigenvalue weighted by atomic mass is 19.4. The molecule has 0 radical (unpaired) electrons. The Kier molecular flexibility index (Phi) is 3.33. The molecule has 0 aliphatic carbocycles. The average molecular weight is 251 g/mol. The summed E-state index contributed by atoms with van der Waals surface area (Å²) in [4.78, 5) is 2.98. The summed E-state index contributed by atoms with van der Waals surface area (Å²) in [5, 5.41) is 0.628. The third-order valence-electron chi connectivity index (χ3n) is 2.79. The lowest BCUT2D eigenvalue weighted by Gasteiger charge is -2.06. The van der Waals surface area contributed by atoms with Crippen LogP contribution in [0.5, 0.6) is 0 Å². The van der Waals surface area contributed by atoms with Gasteiger partial charge in [-0.25, -0.2) is 0 Å². The van der Waals surface area contributed by atoms with Crippen LogP contribution in [-0.2, 0) is 12.6 Å². The Morgan fingerprint density at radius 3 is 2.72 bits per heavy atom. The number of aryl methyl sites for hydroxylation is 1. The van der Waals surface area contributed by atoms with Gasteiger partial charge in [-0.05, 0) is 37.1 Å². The largest absolute Gasteiger partial charge is 0.416 e. The number of alkyl halides is 3. The predicted molar refractivity (Wildman–Crippen MR) is 65.1 cm³/mol. The molecular formula is C14H12F3N. The fourth-order valence-electron chi connectivity index (χ4n) is 1.88. The molecule has 18 heavy (non-hydrogen) atoms. The van der Waals surface area contributed by atoms with Crippen LogP contribution in [0.15, 0.2) is 24.4 Å². The molecule has 0 atom stereocenters. The number of fused-ring (bicyclic) bond motifs is 1. The molecule has 2 rings (SSSR count). The standard InChI is InChI=1S/C14H12F3N/c1-2-3-4-5-10-9-18-13-7-6-11(8-12(10)13)14(15,16)17/h6-9,18H,4-5H2,1H3. The summed E-state index contributed by atoms with van der Waals surface area (Å²) in [6.07, 6.45) is -1.24. The first kappa shape index (κ1) is 12.6. The van der Waals surface area contributed by atoms with Gasteiger partial charge in [0.15, 0.2) is 0 Å². The number of nitrogens with one attached hydrogen (secondary N) is 1. The van der Waals surface area contributed by atoms with Gasteiger partial charge < -0.3 is 4.98 Å². The maximum Gasteiger partial charge on any atom is 0.416 e. The Bertz CT molecular complexity index is 611. The molecule has 1 aromatic carbocycles. The zero-order chi connectivity index (χ0) is 13.2. The van der Waals surface area contributed by atoms with Crippen molar-refractivity contribution in [1.29, 1.82) is 0 Å². The van der Waals surface area contributed by atoms with Crippen molar-refractivity contribution in [2.45, 2.75) is 25.9 Å². The quantitative estimate of drug-likeness (QED) is 0.772. The van der Waals surface area contributed by atoms with Gasteiger partial charge in [0.2, 0.25) is 0 Å². The monoisotopic (exact) mass is 251 g/mol. The number of halogens is 3. The minimum Gasteiger partial charge on any atom is -0.361 e. The summed E-state index contributed by atoms with van der Waals surface area (Å²) in [5.74, 6) is 5.68. The van der Waals surface area contributed by atoms with Crippen LogP contribution in [0, 0.1) is 11.8 Å². The molecule has 1 N–H and O–H groups in total. The maximum absolute atomic E-state index is 12.6. The summed E-state index contributed by atoms with van der Waals surface area (Å²) >= 11 is 0. The number of aromatic nitrogens is 1. The van der Waals surface area contributed by atoms with Gasteiger partial charge >= 0.3 is 6.18 Å². The first-order valence-electron chi connectivity index (χ1n) is 5.59. The number of aromatic amines is 1. The first-order valence-corrected chi connectivity index (χ1v) is 5.59. The van der Waals surface area contributed by atoms with Crippen LogP contribution in [0.4, 0.5) is 13.2 Å². The van der Waals surface area contributed by atoms with Crippen LogP contribution in [0.3, 0.4) is 0 Å². The number of H-pyrrole nitrogens is 1. The van der Waals surface area contributed by atoms with Crippen molar-refractivity contribution in [3.8, 4) is 11.8 Å². The predicted octanol–water partition coefficient (Wildman–Crippen LogP) is 4.14. The van der Waals surface area contributed by atoms with Crippen molar-refractivity contribution in [2.24, 2.45) is 0 Å². The van der Waals surface area contributed by atoms with Crippen molar-refractivity contribution in [3.63, 3.8) is 0 Å². The van der Waals surface area contributed by atoms with Crippen LogP contribution < -0.4 is 0 Å². The van der Waals surface area contributed by atoms with Crippen molar-refractivity contribution >= 4 is 10.9 Å². The topological polar surface area (TPSA) is 15.8 Å². The minimum atomic E-state index is -4.30. The molecule has 0 saturated carbocycles. The average Bonchev–Trinajstić information content (AvgIpc) is 2.71. The molecule has 1 nitrogen and oxygen atoms in total. The van der Waals surface area contributed by atoms with Gasteiger partial charge in [0.05, 0.1) is 5.56 Å². The van der Waals surface area contributed by atoms with Gasteiger partial charge in [-0.3, -0.25) is 0 Å². The fourth-order valence-corrected chi connectivity index (χ4v) is 1.88. The second kappa shape index (κ2) is 4.77. The second-order valence-electron chi connectivity index (χ2n) is 4.00. The second-order valence-corrected chi connectivity index (χ2v) is 4.00. The van der Waals surface area contributed by atoms with Crippen molar-refractivity contribution < 1.29 is 13.2 Å². The normalized spacial score (nSPS) is 11.3. The third-order valence-corrected chi connectivity index (χ3v) is 2.79. The fraction of sp³-hybridized carbons (Fsp3) is 0.286.